The molecule has 0 unspecified atom stereocenters. The topological polar surface area (TPSA) is 62.7 Å². The van der Waals surface area contributed by atoms with Crippen LogP contribution in [-0.2, 0) is 13.0 Å². The fourth-order valence-corrected chi connectivity index (χ4v) is 2.33. The Kier molecular flexibility index (Phi) is 5.58. The van der Waals surface area contributed by atoms with E-state index in [2.05, 4.69) is 25.6 Å². The molecule has 0 amide bonds. The van der Waals surface area contributed by atoms with Gasteiger partial charge in [0.1, 0.15) is 5.82 Å². The molecule has 0 bridgehead atoms. The van der Waals surface area contributed by atoms with Crippen LogP contribution in [0.25, 0.3) is 0 Å². The van der Waals surface area contributed by atoms with Gasteiger partial charge in [0.25, 0.3) is 0 Å². The molecule has 5 nitrogen and oxygen atoms in total. The molecule has 0 atom stereocenters. The number of benzene rings is 1. The van der Waals surface area contributed by atoms with Crippen molar-refractivity contribution in [1.82, 2.24) is 15.0 Å². The average molecular weight is 340 g/mol. The molecule has 2 N–H and O–H groups in total. The minimum Gasteiger partial charge on any atom is -0.366 e. The van der Waals surface area contributed by atoms with Gasteiger partial charge in [-0.1, -0.05) is 29.8 Å². The third-order valence-corrected chi connectivity index (χ3v) is 3.71. The lowest BCUT2D eigenvalue weighted by Gasteiger charge is -2.08. The summed E-state index contributed by atoms with van der Waals surface area (Å²) in [5, 5.41) is 7.26. The standard InChI is InChI=1S/C18H18ClN5/c19-16-5-3-14(4-6-16)7-10-21-18-22-11-8-17(24-18)23-13-15-2-1-9-20-12-15/h1-6,8-9,11-12H,7,10,13H2,(H2,21,22,23,24). The van der Waals surface area contributed by atoms with Gasteiger partial charge in [0.05, 0.1) is 0 Å². The molecule has 3 rings (SSSR count). The Morgan fingerprint density at radius 2 is 1.79 bits per heavy atom. The van der Waals surface area contributed by atoms with E-state index in [0.717, 1.165) is 29.4 Å². The lowest BCUT2D eigenvalue weighted by molar-refractivity contribution is 0.979. The van der Waals surface area contributed by atoms with E-state index in [4.69, 9.17) is 11.6 Å². The van der Waals surface area contributed by atoms with Crippen molar-refractivity contribution in [2.24, 2.45) is 0 Å². The molecule has 0 aliphatic heterocycles. The number of nitrogens with one attached hydrogen (secondary N) is 2. The van der Waals surface area contributed by atoms with E-state index < -0.39 is 0 Å². The van der Waals surface area contributed by atoms with Crippen molar-refractivity contribution in [2.75, 3.05) is 17.2 Å². The van der Waals surface area contributed by atoms with Crippen molar-refractivity contribution in [2.45, 2.75) is 13.0 Å². The van der Waals surface area contributed by atoms with Crippen LogP contribution in [0.2, 0.25) is 5.02 Å². The van der Waals surface area contributed by atoms with Gasteiger partial charge in [0, 0.05) is 36.7 Å². The smallest absolute Gasteiger partial charge is 0.224 e. The Morgan fingerprint density at radius 1 is 0.917 bits per heavy atom. The number of rotatable bonds is 7. The number of halogens is 1. The second-order valence-electron chi connectivity index (χ2n) is 5.28. The molecule has 1 aromatic carbocycles. The molecule has 0 fully saturated rings. The minimum absolute atomic E-state index is 0.611. The molecule has 24 heavy (non-hydrogen) atoms. The highest BCUT2D eigenvalue weighted by Crippen LogP contribution is 2.11. The zero-order valence-corrected chi connectivity index (χ0v) is 13.9. The van der Waals surface area contributed by atoms with Gasteiger partial charge >= 0.3 is 0 Å². The Bertz CT molecular complexity index is 762. The zero-order valence-electron chi connectivity index (χ0n) is 13.1. The summed E-state index contributed by atoms with van der Waals surface area (Å²) in [5.74, 6) is 1.39. The summed E-state index contributed by atoms with van der Waals surface area (Å²) in [5.41, 5.74) is 2.33. The highest BCUT2D eigenvalue weighted by molar-refractivity contribution is 6.30. The number of hydrogen-bond acceptors (Lipinski definition) is 5. The van der Waals surface area contributed by atoms with Crippen molar-refractivity contribution in [3.05, 3.63) is 77.2 Å². The minimum atomic E-state index is 0.611. The number of hydrogen-bond donors (Lipinski definition) is 2. The van der Waals surface area contributed by atoms with E-state index in [9.17, 15) is 0 Å². The first kappa shape index (κ1) is 16.2. The van der Waals surface area contributed by atoms with Crippen molar-refractivity contribution < 1.29 is 0 Å². The normalized spacial score (nSPS) is 10.4. The fourth-order valence-electron chi connectivity index (χ4n) is 2.21. The van der Waals surface area contributed by atoms with E-state index >= 15 is 0 Å². The van der Waals surface area contributed by atoms with Crippen LogP contribution in [0, 0.1) is 0 Å². The Labute approximate surface area is 146 Å². The second-order valence-corrected chi connectivity index (χ2v) is 5.72. The lowest BCUT2D eigenvalue weighted by atomic mass is 10.1. The molecule has 2 heterocycles. The largest absolute Gasteiger partial charge is 0.366 e. The van der Waals surface area contributed by atoms with E-state index in [-0.39, 0.29) is 0 Å². The van der Waals surface area contributed by atoms with Crippen molar-refractivity contribution in [3.8, 4) is 0 Å². The molecule has 0 radical (unpaired) electrons. The van der Waals surface area contributed by atoms with E-state index in [1.807, 2.05) is 48.7 Å². The number of pyridine rings is 1. The first-order valence-corrected chi connectivity index (χ1v) is 8.11. The predicted octanol–water partition coefficient (Wildman–Crippen LogP) is 3.79. The molecule has 0 saturated heterocycles. The maximum Gasteiger partial charge on any atom is 0.224 e. The predicted molar refractivity (Wildman–Crippen MR) is 97.2 cm³/mol. The van der Waals surface area contributed by atoms with Crippen molar-refractivity contribution in [3.63, 3.8) is 0 Å². The molecule has 0 spiro atoms. The van der Waals surface area contributed by atoms with Crippen LogP contribution in [-0.4, -0.2) is 21.5 Å². The molecule has 2 aromatic heterocycles. The summed E-state index contributed by atoms with van der Waals surface area (Å²) >= 11 is 5.89. The van der Waals surface area contributed by atoms with Crippen molar-refractivity contribution in [1.29, 1.82) is 0 Å². The van der Waals surface area contributed by atoms with E-state index in [0.29, 0.717) is 12.5 Å². The quantitative estimate of drug-likeness (QED) is 0.685. The van der Waals surface area contributed by atoms with Crippen LogP contribution in [0.5, 0.6) is 0 Å². The van der Waals surface area contributed by atoms with Gasteiger partial charge in [-0.3, -0.25) is 4.98 Å². The maximum atomic E-state index is 5.89. The lowest BCUT2D eigenvalue weighted by Crippen LogP contribution is -2.09. The first-order valence-electron chi connectivity index (χ1n) is 7.74. The fraction of sp³-hybridized carbons (Fsp3) is 0.167. The second kappa shape index (κ2) is 8.26. The average Bonchev–Trinajstić information content (AvgIpc) is 2.63. The molecular weight excluding hydrogens is 322 g/mol. The van der Waals surface area contributed by atoms with Crippen LogP contribution in [0.3, 0.4) is 0 Å². The van der Waals surface area contributed by atoms with Gasteiger partial charge in [-0.25, -0.2) is 4.98 Å². The molecule has 3 aromatic rings. The SMILES string of the molecule is Clc1ccc(CCNc2nccc(NCc3cccnc3)n2)cc1. The van der Waals surface area contributed by atoms with Gasteiger partial charge in [-0.2, -0.15) is 4.98 Å². The van der Waals surface area contributed by atoms with Crippen LogP contribution >= 0.6 is 11.6 Å². The Morgan fingerprint density at radius 3 is 2.58 bits per heavy atom. The van der Waals surface area contributed by atoms with Crippen LogP contribution in [0.1, 0.15) is 11.1 Å². The third kappa shape index (κ3) is 4.93. The summed E-state index contributed by atoms with van der Waals surface area (Å²) in [6, 6.07) is 13.6. The molecule has 6 heteroatoms. The van der Waals surface area contributed by atoms with E-state index in [1.165, 1.54) is 5.56 Å². The summed E-state index contributed by atoms with van der Waals surface area (Å²) in [7, 11) is 0. The van der Waals surface area contributed by atoms with Crippen LogP contribution in [0.15, 0.2) is 61.1 Å². The molecule has 0 aliphatic rings. The van der Waals surface area contributed by atoms with Gasteiger partial charge < -0.3 is 10.6 Å². The van der Waals surface area contributed by atoms with Gasteiger partial charge in [0.15, 0.2) is 0 Å². The summed E-state index contributed by atoms with van der Waals surface area (Å²) in [6.45, 7) is 1.43. The third-order valence-electron chi connectivity index (χ3n) is 3.46. The summed E-state index contributed by atoms with van der Waals surface area (Å²) < 4.78 is 0. The monoisotopic (exact) mass is 339 g/mol. The summed E-state index contributed by atoms with van der Waals surface area (Å²) in [6.07, 6.45) is 6.22. The van der Waals surface area contributed by atoms with E-state index in [1.54, 1.807) is 12.4 Å². The zero-order chi connectivity index (χ0) is 16.6. The Hall–Kier alpha value is -2.66. The molecule has 0 saturated carbocycles. The first-order chi connectivity index (χ1) is 11.8. The van der Waals surface area contributed by atoms with Crippen molar-refractivity contribution >= 4 is 23.4 Å². The molecule has 0 aliphatic carbocycles. The number of anilines is 2. The highest BCUT2D eigenvalue weighted by Gasteiger charge is 2.00. The van der Waals surface area contributed by atoms with Gasteiger partial charge in [-0.05, 0) is 41.8 Å². The number of aromatic nitrogens is 3. The van der Waals surface area contributed by atoms with Gasteiger partial charge in [0.2, 0.25) is 5.95 Å². The summed E-state index contributed by atoms with van der Waals surface area (Å²) in [4.78, 5) is 12.8. The Balaban J connectivity index is 1.50. The molecular formula is C18H18ClN5. The molecule has 122 valence electrons. The maximum absolute atomic E-state index is 5.89. The number of nitrogens with zero attached hydrogens (tertiary/aromatic N) is 3. The van der Waals surface area contributed by atoms with Crippen LogP contribution in [0.4, 0.5) is 11.8 Å². The highest BCUT2D eigenvalue weighted by atomic mass is 35.5. The van der Waals surface area contributed by atoms with Crippen LogP contribution < -0.4 is 10.6 Å². The van der Waals surface area contributed by atoms with Gasteiger partial charge in [-0.15, -0.1) is 0 Å².